The summed E-state index contributed by atoms with van der Waals surface area (Å²) in [4.78, 5) is 16.3. The Hall–Kier alpha value is -2.86. The van der Waals surface area contributed by atoms with Gasteiger partial charge >= 0.3 is 0 Å². The molecule has 26 heavy (non-hydrogen) atoms. The first kappa shape index (κ1) is 17.9. The molecule has 0 bridgehead atoms. The van der Waals surface area contributed by atoms with Gasteiger partial charge in [0.15, 0.2) is 0 Å². The third-order valence-corrected chi connectivity index (χ3v) is 4.00. The van der Waals surface area contributed by atoms with Crippen LogP contribution >= 0.6 is 11.6 Å². The number of aromatic nitrogens is 2. The van der Waals surface area contributed by atoms with Crippen LogP contribution in [-0.2, 0) is 17.8 Å². The van der Waals surface area contributed by atoms with E-state index in [9.17, 15) is 4.79 Å². The van der Waals surface area contributed by atoms with Crippen molar-refractivity contribution in [3.8, 4) is 17.1 Å². The van der Waals surface area contributed by atoms with Gasteiger partial charge in [0.25, 0.3) is 0 Å². The molecule has 0 fully saturated rings. The molecule has 1 heterocycles. The number of benzene rings is 2. The van der Waals surface area contributed by atoms with Crippen molar-refractivity contribution in [2.75, 3.05) is 7.11 Å². The lowest BCUT2D eigenvalue weighted by Gasteiger charge is -2.04. The van der Waals surface area contributed by atoms with E-state index in [-0.39, 0.29) is 12.3 Å². The summed E-state index contributed by atoms with van der Waals surface area (Å²) in [6.07, 6.45) is 0.648. The maximum Gasteiger partial charge on any atom is 0.227 e. The number of aryl methyl sites for hydroxylation is 1. The first-order valence-electron chi connectivity index (χ1n) is 8.12. The molecule has 0 spiro atoms. The van der Waals surface area contributed by atoms with Crippen LogP contribution < -0.4 is 10.1 Å². The summed E-state index contributed by atoms with van der Waals surface area (Å²) in [5, 5.41) is 7.44. The van der Waals surface area contributed by atoms with Gasteiger partial charge in [-0.2, -0.15) is 4.98 Å². The molecular formula is C19H18ClN3O3. The monoisotopic (exact) mass is 371 g/mol. The Balaban J connectivity index is 1.50. The van der Waals surface area contributed by atoms with Crippen LogP contribution in [0.25, 0.3) is 11.4 Å². The lowest BCUT2D eigenvalue weighted by molar-refractivity contribution is -0.121. The van der Waals surface area contributed by atoms with Crippen LogP contribution in [-0.4, -0.2) is 23.2 Å². The average molecular weight is 372 g/mol. The van der Waals surface area contributed by atoms with E-state index in [1.807, 2.05) is 42.5 Å². The molecule has 0 aliphatic heterocycles. The van der Waals surface area contributed by atoms with Crippen molar-refractivity contribution in [2.45, 2.75) is 19.4 Å². The highest BCUT2D eigenvalue weighted by Crippen LogP contribution is 2.20. The van der Waals surface area contributed by atoms with Gasteiger partial charge in [0.1, 0.15) is 5.75 Å². The Morgan fingerprint density at radius 3 is 2.77 bits per heavy atom. The highest BCUT2D eigenvalue weighted by atomic mass is 35.5. The zero-order valence-corrected chi connectivity index (χ0v) is 15.0. The molecular weight excluding hydrogens is 354 g/mol. The van der Waals surface area contributed by atoms with E-state index < -0.39 is 0 Å². The molecule has 1 N–H and O–H groups in total. The summed E-state index contributed by atoms with van der Waals surface area (Å²) in [5.41, 5.74) is 1.77. The standard InChI is InChI=1S/C19H18ClN3O3/c1-25-16-7-5-14(6-8-16)19-22-18(26-23-19)10-9-17(24)21-12-13-3-2-4-15(20)11-13/h2-8,11H,9-10,12H2,1H3,(H,21,24). The number of carbonyl (C=O) groups is 1. The van der Waals surface area contributed by atoms with Gasteiger partial charge in [-0.15, -0.1) is 0 Å². The topological polar surface area (TPSA) is 77.2 Å². The third kappa shape index (κ3) is 4.83. The lowest BCUT2D eigenvalue weighted by atomic mass is 10.2. The van der Waals surface area contributed by atoms with E-state index in [1.165, 1.54) is 0 Å². The molecule has 134 valence electrons. The summed E-state index contributed by atoms with van der Waals surface area (Å²) in [6.45, 7) is 0.431. The van der Waals surface area contributed by atoms with E-state index in [0.29, 0.717) is 29.7 Å². The number of carbonyl (C=O) groups excluding carboxylic acids is 1. The van der Waals surface area contributed by atoms with Crippen LogP contribution in [0.5, 0.6) is 5.75 Å². The minimum atomic E-state index is -0.0887. The predicted octanol–water partition coefficient (Wildman–Crippen LogP) is 3.65. The van der Waals surface area contributed by atoms with Crippen molar-refractivity contribution in [1.82, 2.24) is 15.5 Å². The molecule has 0 saturated heterocycles. The molecule has 3 aromatic rings. The number of nitrogens with zero attached hydrogens (tertiary/aromatic N) is 2. The van der Waals surface area contributed by atoms with Crippen LogP contribution in [0, 0.1) is 0 Å². The van der Waals surface area contributed by atoms with Crippen molar-refractivity contribution in [1.29, 1.82) is 0 Å². The zero-order valence-electron chi connectivity index (χ0n) is 14.2. The van der Waals surface area contributed by atoms with Crippen LogP contribution in [0.15, 0.2) is 53.1 Å². The number of hydrogen-bond donors (Lipinski definition) is 1. The largest absolute Gasteiger partial charge is 0.497 e. The fourth-order valence-corrected chi connectivity index (χ4v) is 2.58. The summed E-state index contributed by atoms with van der Waals surface area (Å²) < 4.78 is 10.3. The molecule has 0 aliphatic carbocycles. The molecule has 6 nitrogen and oxygen atoms in total. The van der Waals surface area contributed by atoms with Crippen molar-refractivity contribution >= 4 is 17.5 Å². The van der Waals surface area contributed by atoms with E-state index in [4.69, 9.17) is 20.9 Å². The van der Waals surface area contributed by atoms with Crippen LogP contribution in [0.4, 0.5) is 0 Å². The van der Waals surface area contributed by atoms with Gasteiger partial charge < -0.3 is 14.6 Å². The second-order valence-corrected chi connectivity index (χ2v) is 6.08. The van der Waals surface area contributed by atoms with Crippen molar-refractivity contribution in [2.24, 2.45) is 0 Å². The van der Waals surface area contributed by atoms with Crippen molar-refractivity contribution in [3.63, 3.8) is 0 Å². The second kappa shape index (κ2) is 8.49. The Labute approximate surface area is 156 Å². The molecule has 0 atom stereocenters. The maximum atomic E-state index is 12.0. The maximum absolute atomic E-state index is 12.0. The molecule has 1 amide bonds. The highest BCUT2D eigenvalue weighted by Gasteiger charge is 2.11. The fourth-order valence-electron chi connectivity index (χ4n) is 2.37. The molecule has 0 saturated carbocycles. The Morgan fingerprint density at radius 1 is 1.23 bits per heavy atom. The van der Waals surface area contributed by atoms with Crippen LogP contribution in [0.3, 0.4) is 0 Å². The molecule has 3 rings (SSSR count). The summed E-state index contributed by atoms with van der Waals surface area (Å²) in [5.74, 6) is 1.58. The van der Waals surface area contributed by atoms with Crippen molar-refractivity contribution < 1.29 is 14.1 Å². The average Bonchev–Trinajstić information content (AvgIpc) is 3.14. The van der Waals surface area contributed by atoms with Crippen LogP contribution in [0.1, 0.15) is 17.9 Å². The fraction of sp³-hybridized carbons (Fsp3) is 0.211. The SMILES string of the molecule is COc1ccc(-c2noc(CCC(=O)NCc3cccc(Cl)c3)n2)cc1. The smallest absolute Gasteiger partial charge is 0.227 e. The van der Waals surface area contributed by atoms with E-state index in [1.54, 1.807) is 13.2 Å². The molecule has 1 aromatic heterocycles. The summed E-state index contributed by atoms with van der Waals surface area (Å²) in [7, 11) is 1.61. The number of ether oxygens (including phenoxy) is 1. The normalized spacial score (nSPS) is 10.5. The number of rotatable bonds is 7. The Kier molecular flexibility index (Phi) is 5.86. The van der Waals surface area contributed by atoms with Crippen LogP contribution in [0.2, 0.25) is 5.02 Å². The highest BCUT2D eigenvalue weighted by molar-refractivity contribution is 6.30. The molecule has 2 aromatic carbocycles. The van der Waals surface area contributed by atoms with Crippen molar-refractivity contribution in [3.05, 3.63) is 65.0 Å². The van der Waals surface area contributed by atoms with Gasteiger partial charge in [0.05, 0.1) is 7.11 Å². The second-order valence-electron chi connectivity index (χ2n) is 5.65. The summed E-state index contributed by atoms with van der Waals surface area (Å²) >= 11 is 5.92. The number of methoxy groups -OCH3 is 1. The van der Waals surface area contributed by atoms with E-state index in [2.05, 4.69) is 15.5 Å². The van der Waals surface area contributed by atoms with Gasteiger partial charge in [-0.1, -0.05) is 28.9 Å². The molecule has 0 radical (unpaired) electrons. The predicted molar refractivity (Wildman–Crippen MR) is 97.9 cm³/mol. The number of nitrogens with one attached hydrogen (secondary N) is 1. The van der Waals surface area contributed by atoms with E-state index >= 15 is 0 Å². The Morgan fingerprint density at radius 2 is 2.04 bits per heavy atom. The van der Waals surface area contributed by atoms with Gasteiger partial charge in [-0.3, -0.25) is 4.79 Å². The number of halogens is 1. The lowest BCUT2D eigenvalue weighted by Crippen LogP contribution is -2.23. The number of hydrogen-bond acceptors (Lipinski definition) is 5. The zero-order chi connectivity index (χ0) is 18.4. The first-order valence-corrected chi connectivity index (χ1v) is 8.50. The Bertz CT molecular complexity index is 878. The van der Waals surface area contributed by atoms with Gasteiger partial charge in [-0.05, 0) is 42.0 Å². The molecule has 0 aliphatic rings. The van der Waals surface area contributed by atoms with Gasteiger partial charge in [0, 0.05) is 30.0 Å². The summed E-state index contributed by atoms with van der Waals surface area (Å²) in [6, 6.07) is 14.7. The first-order chi connectivity index (χ1) is 12.6. The van der Waals surface area contributed by atoms with Gasteiger partial charge in [-0.25, -0.2) is 0 Å². The van der Waals surface area contributed by atoms with Gasteiger partial charge in [0.2, 0.25) is 17.6 Å². The quantitative estimate of drug-likeness (QED) is 0.686. The number of amides is 1. The minimum absolute atomic E-state index is 0.0887. The molecule has 0 unspecified atom stereocenters. The third-order valence-electron chi connectivity index (χ3n) is 3.76. The molecule has 7 heteroatoms. The van der Waals surface area contributed by atoms with E-state index in [0.717, 1.165) is 16.9 Å². The minimum Gasteiger partial charge on any atom is -0.497 e.